The molecule has 1 saturated heterocycles. The molecular weight excluding hydrogens is 390 g/mol. The fourth-order valence-corrected chi connectivity index (χ4v) is 3.41. The lowest BCUT2D eigenvalue weighted by molar-refractivity contribution is -0.132. The molecule has 1 aromatic carbocycles. The molecule has 0 unspecified atom stereocenters. The van der Waals surface area contributed by atoms with E-state index in [1.165, 1.54) is 17.8 Å². The van der Waals surface area contributed by atoms with Crippen LogP contribution in [0, 0.1) is 0 Å². The minimum absolute atomic E-state index is 0.0335. The van der Waals surface area contributed by atoms with Gasteiger partial charge in [0.2, 0.25) is 0 Å². The summed E-state index contributed by atoms with van der Waals surface area (Å²) in [5.41, 5.74) is 12.3. The largest absolute Gasteiger partial charge is 0.383 e. The van der Waals surface area contributed by atoms with Gasteiger partial charge in [-0.25, -0.2) is 4.98 Å². The Labute approximate surface area is 173 Å². The Morgan fingerprint density at radius 1 is 1.07 bits per heavy atom. The normalized spacial score (nSPS) is 14.4. The second-order valence-electron chi connectivity index (χ2n) is 6.73. The molecule has 0 aliphatic carbocycles. The predicted molar refractivity (Wildman–Crippen MR) is 112 cm³/mol. The number of carbonyl (C=O) groups is 3. The van der Waals surface area contributed by atoms with Gasteiger partial charge in [0.1, 0.15) is 10.7 Å². The van der Waals surface area contributed by atoms with Crippen molar-refractivity contribution >= 4 is 40.5 Å². The summed E-state index contributed by atoms with van der Waals surface area (Å²) < 4.78 is 0. The van der Waals surface area contributed by atoms with Gasteiger partial charge in [-0.3, -0.25) is 19.3 Å². The summed E-state index contributed by atoms with van der Waals surface area (Å²) >= 11 is 4.99. The summed E-state index contributed by atoms with van der Waals surface area (Å²) in [7, 11) is 0. The van der Waals surface area contributed by atoms with Gasteiger partial charge in [-0.15, -0.1) is 0 Å². The van der Waals surface area contributed by atoms with Crippen LogP contribution in [0.2, 0.25) is 0 Å². The lowest BCUT2D eigenvalue weighted by atomic mass is 10.1. The van der Waals surface area contributed by atoms with Gasteiger partial charge in [-0.1, -0.05) is 42.5 Å². The maximum Gasteiger partial charge on any atom is 0.290 e. The maximum absolute atomic E-state index is 12.9. The number of thiocarbonyl (C=S) groups is 1. The molecule has 3 rings (SSSR count). The number of benzene rings is 1. The highest BCUT2D eigenvalue weighted by Gasteiger charge is 2.25. The van der Waals surface area contributed by atoms with Gasteiger partial charge < -0.3 is 16.4 Å². The summed E-state index contributed by atoms with van der Waals surface area (Å²) in [5.74, 6) is -2.48. The highest BCUT2D eigenvalue weighted by molar-refractivity contribution is 7.83. The second-order valence-corrected chi connectivity index (χ2v) is 7.14. The van der Waals surface area contributed by atoms with E-state index < -0.39 is 11.7 Å². The molecule has 2 heterocycles. The van der Waals surface area contributed by atoms with Crippen molar-refractivity contribution in [2.24, 2.45) is 5.73 Å². The van der Waals surface area contributed by atoms with Gasteiger partial charge in [-0.05, 0) is 11.6 Å². The Morgan fingerprint density at radius 3 is 2.34 bits per heavy atom. The van der Waals surface area contributed by atoms with E-state index in [9.17, 15) is 14.4 Å². The number of amides is 2. The fraction of sp³-hybridized carbons (Fsp3) is 0.250. The zero-order valence-corrected chi connectivity index (χ0v) is 16.5. The highest BCUT2D eigenvalue weighted by Crippen LogP contribution is 2.16. The number of nitrogens with zero attached hydrogens (tertiary/aromatic N) is 3. The lowest BCUT2D eigenvalue weighted by Gasteiger charge is -2.34. The first kappa shape index (κ1) is 20.6. The van der Waals surface area contributed by atoms with Gasteiger partial charge in [0.05, 0.1) is 5.56 Å². The zero-order chi connectivity index (χ0) is 21.0. The zero-order valence-electron chi connectivity index (χ0n) is 15.7. The molecule has 0 spiro atoms. The van der Waals surface area contributed by atoms with E-state index in [2.05, 4.69) is 22.0 Å². The average Bonchev–Trinajstić information content (AvgIpc) is 2.74. The Morgan fingerprint density at radius 2 is 1.72 bits per heavy atom. The van der Waals surface area contributed by atoms with Crippen molar-refractivity contribution in [1.82, 2.24) is 14.8 Å². The number of nitrogen functional groups attached to an aromatic ring is 1. The van der Waals surface area contributed by atoms with E-state index in [1.807, 2.05) is 18.2 Å². The van der Waals surface area contributed by atoms with Gasteiger partial charge in [-0.2, -0.15) is 0 Å². The van der Waals surface area contributed by atoms with E-state index in [-0.39, 0.29) is 27.7 Å². The van der Waals surface area contributed by atoms with Gasteiger partial charge in [0.15, 0.2) is 0 Å². The molecule has 4 N–H and O–H groups in total. The number of nitrogens with two attached hydrogens (primary N) is 2. The molecule has 0 atom stereocenters. The van der Waals surface area contributed by atoms with Crippen LogP contribution in [-0.4, -0.2) is 63.4 Å². The molecule has 0 bridgehead atoms. The van der Waals surface area contributed by atoms with Gasteiger partial charge >= 0.3 is 0 Å². The summed E-state index contributed by atoms with van der Waals surface area (Å²) in [4.78, 5) is 43.3. The summed E-state index contributed by atoms with van der Waals surface area (Å²) in [6.45, 7) is 3.45. The number of hydrogen-bond acceptors (Lipinski definition) is 7. The number of primary amides is 1. The van der Waals surface area contributed by atoms with E-state index >= 15 is 0 Å². The van der Waals surface area contributed by atoms with Crippen LogP contribution < -0.4 is 11.5 Å². The third-order valence-corrected chi connectivity index (χ3v) is 5.15. The van der Waals surface area contributed by atoms with Crippen LogP contribution in [0.25, 0.3) is 0 Å². The number of pyridine rings is 1. The second kappa shape index (κ2) is 8.89. The Hall–Kier alpha value is -3.17. The number of Topliss-reactive ketones (excluding diaryl/α,β-unsaturated/α-hetero) is 1. The van der Waals surface area contributed by atoms with Crippen molar-refractivity contribution in [2.75, 3.05) is 31.9 Å². The predicted octanol–water partition coefficient (Wildman–Crippen LogP) is 0.394. The fourth-order valence-electron chi connectivity index (χ4n) is 3.14. The minimum Gasteiger partial charge on any atom is -0.383 e. The van der Waals surface area contributed by atoms with Crippen molar-refractivity contribution in [3.63, 3.8) is 0 Å². The monoisotopic (exact) mass is 411 g/mol. The molecule has 0 radical (unpaired) electrons. The molecule has 8 nitrogen and oxygen atoms in total. The molecule has 1 aromatic heterocycles. The molecule has 1 aliphatic heterocycles. The van der Waals surface area contributed by atoms with Crippen LogP contribution in [0.1, 0.15) is 21.5 Å². The first-order chi connectivity index (χ1) is 13.9. The number of anilines is 1. The number of rotatable bonds is 6. The Bertz CT molecular complexity index is 956. The maximum atomic E-state index is 12.9. The SMILES string of the molecule is NC(=O)C(=O)C(=S)c1cc(C(=O)N2CCN(Cc3ccccc3)CC2)cnc1N. The average molecular weight is 411 g/mol. The van der Waals surface area contributed by atoms with Gasteiger partial charge in [0, 0.05) is 44.5 Å². The number of ketones is 1. The van der Waals surface area contributed by atoms with Crippen molar-refractivity contribution in [3.8, 4) is 0 Å². The molecule has 2 amide bonds. The first-order valence-electron chi connectivity index (χ1n) is 9.06. The third kappa shape index (κ3) is 4.82. The molecule has 150 valence electrons. The molecule has 1 aliphatic rings. The van der Waals surface area contributed by atoms with Crippen LogP contribution in [0.15, 0.2) is 42.6 Å². The van der Waals surface area contributed by atoms with Crippen molar-refractivity contribution in [2.45, 2.75) is 6.54 Å². The van der Waals surface area contributed by atoms with Crippen LogP contribution in [0.5, 0.6) is 0 Å². The van der Waals surface area contributed by atoms with E-state index in [1.54, 1.807) is 4.90 Å². The van der Waals surface area contributed by atoms with E-state index in [0.717, 1.165) is 19.6 Å². The van der Waals surface area contributed by atoms with Crippen molar-refractivity contribution in [3.05, 3.63) is 59.3 Å². The van der Waals surface area contributed by atoms with Crippen LogP contribution >= 0.6 is 12.2 Å². The number of carbonyl (C=O) groups excluding carboxylic acids is 3. The summed E-state index contributed by atoms with van der Waals surface area (Å²) in [5, 5.41) is 0. The first-order valence-corrected chi connectivity index (χ1v) is 9.47. The number of piperazine rings is 1. The van der Waals surface area contributed by atoms with Crippen LogP contribution in [0.4, 0.5) is 5.82 Å². The minimum atomic E-state index is -1.18. The van der Waals surface area contributed by atoms with Crippen LogP contribution in [-0.2, 0) is 16.1 Å². The lowest BCUT2D eigenvalue weighted by Crippen LogP contribution is -2.48. The summed E-state index contributed by atoms with van der Waals surface area (Å²) in [6.07, 6.45) is 1.34. The topological polar surface area (TPSA) is 123 Å². The number of aromatic nitrogens is 1. The molecule has 2 aromatic rings. The molecule has 9 heteroatoms. The Kier molecular flexibility index (Phi) is 6.30. The Balaban J connectivity index is 1.67. The highest BCUT2D eigenvalue weighted by atomic mass is 32.1. The smallest absolute Gasteiger partial charge is 0.290 e. The van der Waals surface area contributed by atoms with Crippen molar-refractivity contribution in [1.29, 1.82) is 0 Å². The van der Waals surface area contributed by atoms with E-state index in [4.69, 9.17) is 23.7 Å². The van der Waals surface area contributed by atoms with Crippen molar-refractivity contribution < 1.29 is 14.4 Å². The van der Waals surface area contributed by atoms with Crippen LogP contribution in [0.3, 0.4) is 0 Å². The van der Waals surface area contributed by atoms with E-state index in [0.29, 0.717) is 13.1 Å². The third-order valence-electron chi connectivity index (χ3n) is 4.75. The molecule has 0 saturated carbocycles. The molecule has 1 fully saturated rings. The standard InChI is InChI=1S/C20H21N5O3S/c21-18-15(17(29)16(26)19(22)27)10-14(11-23-18)20(28)25-8-6-24(7-9-25)12-13-4-2-1-3-5-13/h1-5,10-11H,6-9,12H2,(H2,21,23)(H2,22,27). The quantitative estimate of drug-likeness (QED) is 0.401. The molecular formula is C20H21N5O3S. The molecule has 29 heavy (non-hydrogen) atoms. The number of hydrogen-bond donors (Lipinski definition) is 2. The summed E-state index contributed by atoms with van der Waals surface area (Å²) in [6, 6.07) is 11.6. The van der Waals surface area contributed by atoms with Gasteiger partial charge in [0.25, 0.3) is 17.6 Å².